The van der Waals surface area contributed by atoms with Crippen molar-refractivity contribution in [3.8, 4) is 0 Å². The number of hydrogen-bond donors (Lipinski definition) is 0. The van der Waals surface area contributed by atoms with Crippen LogP contribution in [0, 0.1) is 0 Å². The van der Waals surface area contributed by atoms with Crippen LogP contribution in [0.15, 0.2) is 12.7 Å². The van der Waals surface area contributed by atoms with Gasteiger partial charge in [-0.3, -0.25) is 4.79 Å². The highest BCUT2D eigenvalue weighted by molar-refractivity contribution is 6.69. The van der Waals surface area contributed by atoms with E-state index in [1.807, 2.05) is 0 Å². The van der Waals surface area contributed by atoms with Crippen molar-refractivity contribution in [3.63, 3.8) is 0 Å². The lowest BCUT2D eigenvalue weighted by atomic mass is 10.3. The Kier molecular flexibility index (Phi) is 3.69. The van der Waals surface area contributed by atoms with Crippen molar-refractivity contribution in [1.29, 1.82) is 0 Å². The van der Waals surface area contributed by atoms with Crippen molar-refractivity contribution in [2.24, 2.45) is 0 Å². The number of carbonyl (C=O) groups is 1. The van der Waals surface area contributed by atoms with Gasteiger partial charge in [0.05, 0.1) is 0 Å². The topological polar surface area (TPSA) is 26.3 Å². The van der Waals surface area contributed by atoms with Crippen molar-refractivity contribution in [1.82, 2.24) is 0 Å². The molecule has 0 aliphatic heterocycles. The number of carbonyl (C=O) groups excluding carboxylic acids is 1. The van der Waals surface area contributed by atoms with Crippen LogP contribution in [0.25, 0.3) is 0 Å². The second kappa shape index (κ2) is 3.83. The first-order valence-electron chi connectivity index (χ1n) is 3.71. The minimum atomic E-state index is -1.57. The Morgan fingerprint density at radius 2 is 2.00 bits per heavy atom. The van der Waals surface area contributed by atoms with Crippen molar-refractivity contribution in [2.75, 3.05) is 0 Å². The molecule has 64 valence electrons. The van der Waals surface area contributed by atoms with Crippen LogP contribution < -0.4 is 0 Å². The first kappa shape index (κ1) is 10.6. The molecule has 0 heterocycles. The van der Waals surface area contributed by atoms with E-state index >= 15 is 0 Å². The summed E-state index contributed by atoms with van der Waals surface area (Å²) < 4.78 is 5.51. The van der Waals surface area contributed by atoms with Crippen molar-refractivity contribution in [2.45, 2.75) is 32.7 Å². The number of hydrogen-bond acceptors (Lipinski definition) is 2. The molecule has 0 aliphatic carbocycles. The molecular weight excluding hydrogens is 156 g/mol. The molecule has 0 spiro atoms. The highest BCUT2D eigenvalue weighted by Gasteiger charge is 2.20. The predicted octanol–water partition coefficient (Wildman–Crippen LogP) is 1.98. The second-order valence-electron chi connectivity index (χ2n) is 3.48. The molecule has 3 heteroatoms. The average molecular weight is 172 g/mol. The molecule has 0 rings (SSSR count). The van der Waals surface area contributed by atoms with Crippen LogP contribution >= 0.6 is 0 Å². The lowest BCUT2D eigenvalue weighted by molar-refractivity contribution is -0.120. The quantitative estimate of drug-likeness (QED) is 0.479. The largest absolute Gasteiger partial charge is 0.408 e. The fraction of sp³-hybridized carbons (Fsp3) is 0.625. The maximum Gasteiger partial charge on any atom is 0.184 e. The summed E-state index contributed by atoms with van der Waals surface area (Å²) in [6, 6.07) is 0. The Morgan fingerprint density at radius 3 is 2.27 bits per heavy atom. The van der Waals surface area contributed by atoms with E-state index in [9.17, 15) is 4.79 Å². The van der Waals surface area contributed by atoms with Gasteiger partial charge >= 0.3 is 0 Å². The normalized spacial score (nSPS) is 14.2. The molecule has 0 aromatic carbocycles. The molecule has 1 unspecified atom stereocenters. The first-order chi connectivity index (χ1) is 4.87. The summed E-state index contributed by atoms with van der Waals surface area (Å²) in [7, 11) is -1.57. The zero-order chi connectivity index (χ0) is 9.07. The molecule has 0 aromatic heterocycles. The molecule has 0 saturated heterocycles. The van der Waals surface area contributed by atoms with E-state index < -0.39 is 8.32 Å². The summed E-state index contributed by atoms with van der Waals surface area (Å²) in [4.78, 5) is 11.0. The Hall–Kier alpha value is -0.413. The van der Waals surface area contributed by atoms with Crippen molar-refractivity contribution < 1.29 is 9.22 Å². The third kappa shape index (κ3) is 4.92. The summed E-state index contributed by atoms with van der Waals surface area (Å²) in [6.07, 6.45) is 0.990. The molecule has 0 N–H and O–H groups in total. The molecule has 11 heavy (non-hydrogen) atoms. The summed E-state index contributed by atoms with van der Waals surface area (Å²) in [5.41, 5.74) is 0. The number of ketones is 1. The second-order valence-corrected chi connectivity index (χ2v) is 7.94. The highest BCUT2D eigenvalue weighted by atomic mass is 28.4. The summed E-state index contributed by atoms with van der Waals surface area (Å²) in [6.45, 7) is 11.3. The lowest BCUT2D eigenvalue weighted by Gasteiger charge is -2.21. The summed E-state index contributed by atoms with van der Waals surface area (Å²) in [5.74, 6) is -0.0348. The fourth-order valence-electron chi connectivity index (χ4n) is 0.754. The Bertz CT molecular complexity index is 158. The molecule has 1 atom stereocenters. The molecule has 0 aliphatic rings. The maximum atomic E-state index is 11.0. The third-order valence-corrected chi connectivity index (χ3v) is 2.19. The van der Waals surface area contributed by atoms with Crippen molar-refractivity contribution in [3.05, 3.63) is 12.7 Å². The van der Waals surface area contributed by atoms with E-state index in [1.165, 1.54) is 6.08 Å². The van der Waals surface area contributed by atoms with Crippen LogP contribution in [0.2, 0.25) is 19.6 Å². The minimum absolute atomic E-state index is 0.0348. The van der Waals surface area contributed by atoms with Gasteiger partial charge in [0.15, 0.2) is 14.1 Å². The predicted molar refractivity (Wildman–Crippen MR) is 49.1 cm³/mol. The van der Waals surface area contributed by atoms with Gasteiger partial charge in [0.2, 0.25) is 0 Å². The van der Waals surface area contributed by atoms with Gasteiger partial charge in [-0.2, -0.15) is 0 Å². The van der Waals surface area contributed by atoms with E-state index in [1.54, 1.807) is 6.92 Å². The molecule has 2 nitrogen and oxygen atoms in total. The SMILES string of the molecule is C=CC(=O)C(C)O[Si](C)(C)C. The van der Waals surface area contributed by atoms with Crippen LogP contribution in [0.5, 0.6) is 0 Å². The van der Waals surface area contributed by atoms with Gasteiger partial charge in [0, 0.05) is 0 Å². The fourth-order valence-corrected chi connectivity index (χ4v) is 1.93. The minimum Gasteiger partial charge on any atom is -0.408 e. The highest BCUT2D eigenvalue weighted by Crippen LogP contribution is 2.07. The molecule has 0 radical (unpaired) electrons. The zero-order valence-electron chi connectivity index (χ0n) is 7.68. The van der Waals surface area contributed by atoms with Crippen LogP contribution in [0.1, 0.15) is 6.92 Å². The smallest absolute Gasteiger partial charge is 0.184 e. The van der Waals surface area contributed by atoms with Crippen LogP contribution in [-0.2, 0) is 9.22 Å². The van der Waals surface area contributed by atoms with Gasteiger partial charge in [0.25, 0.3) is 0 Å². The first-order valence-corrected chi connectivity index (χ1v) is 7.12. The standard InChI is InChI=1S/C8H16O2Si/c1-6-8(9)7(2)10-11(3,4)5/h6-7H,1H2,2-5H3. The van der Waals surface area contributed by atoms with Crippen LogP contribution in [0.4, 0.5) is 0 Å². The van der Waals surface area contributed by atoms with E-state index in [0.717, 1.165) is 0 Å². The molecule has 0 saturated carbocycles. The van der Waals surface area contributed by atoms with Gasteiger partial charge in [-0.05, 0) is 32.6 Å². The lowest BCUT2D eigenvalue weighted by Crippen LogP contribution is -2.34. The van der Waals surface area contributed by atoms with Gasteiger partial charge in [-0.1, -0.05) is 6.58 Å². The van der Waals surface area contributed by atoms with Gasteiger partial charge in [0.1, 0.15) is 6.10 Å². The van der Waals surface area contributed by atoms with Gasteiger partial charge < -0.3 is 4.43 Å². The van der Waals surface area contributed by atoms with E-state index in [0.29, 0.717) is 0 Å². The van der Waals surface area contributed by atoms with Gasteiger partial charge in [-0.25, -0.2) is 0 Å². The summed E-state index contributed by atoms with van der Waals surface area (Å²) in [5, 5.41) is 0. The molecule has 0 bridgehead atoms. The van der Waals surface area contributed by atoms with Crippen LogP contribution in [0.3, 0.4) is 0 Å². The van der Waals surface area contributed by atoms with E-state index in [-0.39, 0.29) is 11.9 Å². The van der Waals surface area contributed by atoms with E-state index in [2.05, 4.69) is 26.2 Å². The molecule has 0 fully saturated rings. The Balaban J connectivity index is 3.97. The van der Waals surface area contributed by atoms with E-state index in [4.69, 9.17) is 4.43 Å². The monoisotopic (exact) mass is 172 g/mol. The number of rotatable bonds is 4. The van der Waals surface area contributed by atoms with Crippen molar-refractivity contribution >= 4 is 14.1 Å². The van der Waals surface area contributed by atoms with Gasteiger partial charge in [-0.15, -0.1) is 0 Å². The molecule has 0 amide bonds. The maximum absolute atomic E-state index is 11.0. The third-order valence-electron chi connectivity index (χ3n) is 1.13. The van der Waals surface area contributed by atoms with Crippen LogP contribution in [-0.4, -0.2) is 20.2 Å². The molecular formula is C8H16O2Si. The Labute approximate surface area is 69.4 Å². The summed E-state index contributed by atoms with van der Waals surface area (Å²) >= 11 is 0. The average Bonchev–Trinajstić information content (AvgIpc) is 1.82. The molecule has 0 aromatic rings. The Morgan fingerprint density at radius 1 is 1.55 bits per heavy atom. The zero-order valence-corrected chi connectivity index (χ0v) is 8.68.